The summed E-state index contributed by atoms with van der Waals surface area (Å²) < 4.78 is 5.31. The Morgan fingerprint density at radius 3 is 2.47 bits per heavy atom. The van der Waals surface area contributed by atoms with Crippen LogP contribution >= 0.6 is 11.8 Å². The molecule has 0 aliphatic rings. The molecule has 0 aliphatic heterocycles. The van der Waals surface area contributed by atoms with Crippen LogP contribution in [0.15, 0.2) is 70.7 Å². The van der Waals surface area contributed by atoms with Crippen LogP contribution in [0.1, 0.15) is 46.2 Å². The highest BCUT2D eigenvalue weighted by molar-refractivity contribution is 7.99. The number of nitrogens with one attached hydrogen (secondary N) is 2. The highest BCUT2D eigenvalue weighted by Gasteiger charge is 2.16. The zero-order chi connectivity index (χ0) is 25.9. The molecule has 0 aliphatic carbocycles. The lowest BCUT2D eigenvalue weighted by atomic mass is 10.1. The maximum absolute atomic E-state index is 12.0. The molecule has 0 saturated heterocycles. The first-order valence-corrected chi connectivity index (χ1v) is 12.5. The van der Waals surface area contributed by atoms with Gasteiger partial charge in [-0.1, -0.05) is 25.6 Å². The Morgan fingerprint density at radius 2 is 1.78 bits per heavy atom. The zero-order valence-electron chi connectivity index (χ0n) is 21.0. The van der Waals surface area contributed by atoms with Crippen LogP contribution in [0.3, 0.4) is 0 Å². The molecule has 0 saturated carbocycles. The number of hydrogen-bond donors (Lipinski definition) is 3. The van der Waals surface area contributed by atoms with E-state index in [9.17, 15) is 4.79 Å². The zero-order valence-corrected chi connectivity index (χ0v) is 21.8. The number of nitrogens with two attached hydrogens (primary N) is 1. The van der Waals surface area contributed by atoms with Gasteiger partial charge in [-0.3, -0.25) is 5.32 Å². The fourth-order valence-electron chi connectivity index (χ4n) is 3.39. The average molecular weight is 503 g/mol. The van der Waals surface area contributed by atoms with E-state index in [0.29, 0.717) is 28.8 Å². The van der Waals surface area contributed by atoms with E-state index in [2.05, 4.69) is 39.4 Å². The van der Waals surface area contributed by atoms with Gasteiger partial charge in [0.05, 0.1) is 11.1 Å². The summed E-state index contributed by atoms with van der Waals surface area (Å²) in [5.74, 6) is 0.968. The third-order valence-electron chi connectivity index (χ3n) is 5.09. The van der Waals surface area contributed by atoms with Crippen molar-refractivity contribution in [2.75, 3.05) is 16.4 Å². The molecular formula is C27H30N6O2S. The van der Waals surface area contributed by atoms with Crippen molar-refractivity contribution >= 4 is 51.8 Å². The molecule has 0 fully saturated rings. The molecule has 186 valence electrons. The van der Waals surface area contributed by atoms with Gasteiger partial charge >= 0.3 is 6.09 Å². The van der Waals surface area contributed by atoms with E-state index in [4.69, 9.17) is 10.5 Å². The normalized spacial score (nSPS) is 11.5. The van der Waals surface area contributed by atoms with Crippen LogP contribution in [0.5, 0.6) is 0 Å². The SMILES string of the molecule is CC(C)c1ccc2c(Nc3cc(N)ccc3Sc3ccc(NC(=O)OC(C)(C)C)cc3)ncnc2n1. The summed E-state index contributed by atoms with van der Waals surface area (Å²) in [6.45, 7) is 9.69. The first kappa shape index (κ1) is 25.2. The number of ether oxygens (including phenoxy) is 1. The monoisotopic (exact) mass is 502 g/mol. The Kier molecular flexibility index (Phi) is 7.30. The summed E-state index contributed by atoms with van der Waals surface area (Å²) in [5.41, 5.74) is 9.29. The molecule has 36 heavy (non-hydrogen) atoms. The standard InChI is InChI=1S/C27H30N6O2S/c1-16(2)21-12-11-20-24(32-21)29-15-30-25(20)33-22-14-17(28)6-13-23(22)36-19-9-7-18(8-10-19)31-26(34)35-27(3,4)5/h6-16H,28H2,1-5H3,(H,31,34)(H,29,30,32,33). The minimum absolute atomic E-state index is 0.309. The molecular weight excluding hydrogens is 472 g/mol. The number of hydrogen-bond acceptors (Lipinski definition) is 8. The van der Waals surface area contributed by atoms with Crippen molar-refractivity contribution < 1.29 is 9.53 Å². The van der Waals surface area contributed by atoms with E-state index in [1.807, 2.05) is 75.4 Å². The number of nitrogen functional groups attached to an aromatic ring is 1. The van der Waals surface area contributed by atoms with Crippen molar-refractivity contribution in [3.05, 3.63) is 66.6 Å². The smallest absolute Gasteiger partial charge is 0.412 e. The number of carbonyl (C=O) groups is 1. The van der Waals surface area contributed by atoms with Crippen molar-refractivity contribution in [3.8, 4) is 0 Å². The molecule has 4 aromatic rings. The van der Waals surface area contributed by atoms with Gasteiger partial charge in [0.1, 0.15) is 17.7 Å². The largest absolute Gasteiger partial charge is 0.444 e. The molecule has 4 rings (SSSR count). The van der Waals surface area contributed by atoms with Gasteiger partial charge in [-0.25, -0.2) is 19.7 Å². The highest BCUT2D eigenvalue weighted by atomic mass is 32.2. The number of nitrogens with zero attached hydrogens (tertiary/aromatic N) is 3. The lowest BCUT2D eigenvalue weighted by Gasteiger charge is -2.19. The maximum atomic E-state index is 12.0. The van der Waals surface area contributed by atoms with Gasteiger partial charge in [0.25, 0.3) is 0 Å². The lowest BCUT2D eigenvalue weighted by Crippen LogP contribution is -2.27. The number of pyridine rings is 1. The third-order valence-corrected chi connectivity index (χ3v) is 6.18. The van der Waals surface area contributed by atoms with Gasteiger partial charge < -0.3 is 15.8 Å². The Morgan fingerprint density at radius 1 is 1.03 bits per heavy atom. The fraction of sp³-hybridized carbons (Fsp3) is 0.259. The molecule has 0 spiro atoms. The van der Waals surface area contributed by atoms with E-state index in [-0.39, 0.29) is 0 Å². The summed E-state index contributed by atoms with van der Waals surface area (Å²) in [7, 11) is 0. The Hall–Kier alpha value is -3.85. The molecule has 2 heterocycles. The topological polar surface area (TPSA) is 115 Å². The summed E-state index contributed by atoms with van der Waals surface area (Å²) in [5, 5.41) is 7.00. The van der Waals surface area contributed by atoms with Crippen LogP contribution in [-0.2, 0) is 4.74 Å². The van der Waals surface area contributed by atoms with E-state index < -0.39 is 11.7 Å². The fourth-order valence-corrected chi connectivity index (χ4v) is 4.28. The van der Waals surface area contributed by atoms with E-state index in [0.717, 1.165) is 26.6 Å². The lowest BCUT2D eigenvalue weighted by molar-refractivity contribution is 0.0636. The molecule has 0 unspecified atom stereocenters. The number of rotatable bonds is 6. The molecule has 2 aromatic carbocycles. The van der Waals surface area contributed by atoms with Crippen molar-refractivity contribution in [3.63, 3.8) is 0 Å². The van der Waals surface area contributed by atoms with Gasteiger partial charge in [0, 0.05) is 26.9 Å². The van der Waals surface area contributed by atoms with Gasteiger partial charge in [0.15, 0.2) is 5.65 Å². The number of amides is 1. The second-order valence-electron chi connectivity index (χ2n) is 9.62. The molecule has 8 nitrogen and oxygen atoms in total. The van der Waals surface area contributed by atoms with E-state index >= 15 is 0 Å². The first-order chi connectivity index (χ1) is 17.1. The molecule has 9 heteroatoms. The van der Waals surface area contributed by atoms with Crippen LogP contribution in [-0.4, -0.2) is 26.6 Å². The Bertz CT molecular complexity index is 1380. The van der Waals surface area contributed by atoms with E-state index in [1.54, 1.807) is 11.8 Å². The molecule has 0 atom stereocenters. The quantitative estimate of drug-likeness (QED) is 0.242. The summed E-state index contributed by atoms with van der Waals surface area (Å²) in [6.07, 6.45) is 1.03. The minimum atomic E-state index is -0.555. The van der Waals surface area contributed by atoms with Crippen molar-refractivity contribution in [2.45, 2.75) is 55.9 Å². The number of anilines is 4. The number of aromatic nitrogens is 3. The van der Waals surface area contributed by atoms with Crippen LogP contribution in [0, 0.1) is 0 Å². The van der Waals surface area contributed by atoms with Gasteiger partial charge in [-0.05, 0) is 81.3 Å². The number of benzene rings is 2. The van der Waals surface area contributed by atoms with Gasteiger partial charge in [-0.2, -0.15) is 0 Å². The molecule has 1 amide bonds. The van der Waals surface area contributed by atoms with Gasteiger partial charge in [-0.15, -0.1) is 0 Å². The molecule has 0 radical (unpaired) electrons. The van der Waals surface area contributed by atoms with Crippen molar-refractivity contribution in [1.29, 1.82) is 0 Å². The Balaban J connectivity index is 1.54. The second kappa shape index (κ2) is 10.4. The summed E-state index contributed by atoms with van der Waals surface area (Å²) in [6, 6.07) is 17.3. The third kappa shape index (κ3) is 6.42. The predicted molar refractivity (Wildman–Crippen MR) is 146 cm³/mol. The van der Waals surface area contributed by atoms with Crippen molar-refractivity contribution in [1.82, 2.24) is 15.0 Å². The summed E-state index contributed by atoms with van der Waals surface area (Å²) >= 11 is 1.57. The van der Waals surface area contributed by atoms with Crippen LogP contribution < -0.4 is 16.4 Å². The maximum Gasteiger partial charge on any atom is 0.412 e. The van der Waals surface area contributed by atoms with Gasteiger partial charge in [0.2, 0.25) is 0 Å². The minimum Gasteiger partial charge on any atom is -0.444 e. The summed E-state index contributed by atoms with van der Waals surface area (Å²) in [4.78, 5) is 27.5. The molecule has 4 N–H and O–H groups in total. The van der Waals surface area contributed by atoms with Crippen molar-refractivity contribution in [2.24, 2.45) is 0 Å². The average Bonchev–Trinajstić information content (AvgIpc) is 2.80. The van der Waals surface area contributed by atoms with E-state index in [1.165, 1.54) is 6.33 Å². The number of fused-ring (bicyclic) bond motifs is 1. The highest BCUT2D eigenvalue weighted by Crippen LogP contribution is 2.37. The van der Waals surface area contributed by atoms with Crippen LogP contribution in [0.4, 0.5) is 27.7 Å². The molecule has 0 bridgehead atoms. The van der Waals surface area contributed by atoms with Crippen LogP contribution in [0.25, 0.3) is 11.0 Å². The number of carbonyl (C=O) groups excluding carboxylic acids is 1. The Labute approximate surface area is 215 Å². The first-order valence-electron chi connectivity index (χ1n) is 11.6. The van der Waals surface area contributed by atoms with Crippen LogP contribution in [0.2, 0.25) is 0 Å². The molecule has 2 aromatic heterocycles. The predicted octanol–water partition coefficient (Wildman–Crippen LogP) is 6.97. The second-order valence-corrected chi connectivity index (χ2v) is 10.7.